The number of benzene rings is 4. The van der Waals surface area contributed by atoms with Crippen LogP contribution in [-0.4, -0.2) is 15.9 Å². The number of nitrogens with zero attached hydrogens (tertiary/aromatic N) is 1. The van der Waals surface area contributed by atoms with Crippen LogP contribution in [0.4, 0.5) is 0 Å². The maximum Gasteiger partial charge on any atom is 0.162 e. The minimum Gasteiger partial charge on any atom is -0.512 e. The zero-order chi connectivity index (χ0) is 31.1. The molecule has 3 nitrogen and oxygen atoms in total. The molecule has 1 radical (unpaired) electrons. The summed E-state index contributed by atoms with van der Waals surface area (Å²) in [5.74, 6) is 0.547. The largest absolute Gasteiger partial charge is 0.512 e. The Balaban J connectivity index is 0.000000249. The summed E-state index contributed by atoms with van der Waals surface area (Å²) in [5, 5.41) is 15.7. The van der Waals surface area contributed by atoms with Crippen molar-refractivity contribution in [3.8, 4) is 21.7 Å². The van der Waals surface area contributed by atoms with Crippen LogP contribution in [0.5, 0.6) is 0 Å². The Bertz CT molecular complexity index is 1900. The Morgan fingerprint density at radius 2 is 1.38 bits per heavy atom. The van der Waals surface area contributed by atoms with Crippen molar-refractivity contribution >= 4 is 48.8 Å². The maximum absolute atomic E-state index is 11.7. The molecule has 0 unspecified atom stereocenters. The van der Waals surface area contributed by atoms with Crippen LogP contribution >= 0.6 is 11.3 Å². The van der Waals surface area contributed by atoms with Crippen molar-refractivity contribution in [3.63, 3.8) is 0 Å². The smallest absolute Gasteiger partial charge is 0.162 e. The van der Waals surface area contributed by atoms with E-state index in [1.54, 1.807) is 0 Å². The Morgan fingerprint density at radius 3 is 2.04 bits per heavy atom. The molecule has 0 saturated heterocycles. The van der Waals surface area contributed by atoms with Crippen molar-refractivity contribution in [2.45, 2.75) is 53.4 Å². The van der Waals surface area contributed by atoms with Crippen molar-refractivity contribution in [1.29, 1.82) is 0 Å². The molecule has 0 fully saturated rings. The zero-order valence-corrected chi connectivity index (χ0v) is 29.6. The van der Waals surface area contributed by atoms with Gasteiger partial charge in [0.15, 0.2) is 5.78 Å². The number of ketones is 1. The van der Waals surface area contributed by atoms with Gasteiger partial charge in [0, 0.05) is 59.5 Å². The van der Waals surface area contributed by atoms with Crippen LogP contribution in [0.2, 0.25) is 0 Å². The molecule has 0 bridgehead atoms. The molecule has 0 aliphatic heterocycles. The Kier molecular flexibility index (Phi) is 12.2. The van der Waals surface area contributed by atoms with Crippen LogP contribution in [0.1, 0.15) is 53.4 Å². The van der Waals surface area contributed by atoms with Gasteiger partial charge in [0.05, 0.1) is 5.76 Å². The van der Waals surface area contributed by atoms with E-state index in [9.17, 15) is 9.90 Å². The quantitative estimate of drug-likeness (QED) is 0.0687. The van der Waals surface area contributed by atoms with Crippen LogP contribution in [0.15, 0.2) is 109 Å². The van der Waals surface area contributed by atoms with E-state index < -0.39 is 0 Å². The number of aliphatic hydroxyl groups is 1. The molecule has 2 aromatic heterocycles. The fourth-order valence-electron chi connectivity index (χ4n) is 5.84. The van der Waals surface area contributed by atoms with Gasteiger partial charge in [0.25, 0.3) is 0 Å². The second kappa shape index (κ2) is 16.1. The van der Waals surface area contributed by atoms with E-state index in [1.807, 2.05) is 45.2 Å². The average molecular weight is 791 g/mol. The molecule has 0 saturated carbocycles. The van der Waals surface area contributed by atoms with Crippen LogP contribution in [0.25, 0.3) is 53.3 Å². The SMILES string of the molecule is CCC(CC)C(=O)/C=C(\O)C(CC)CC.[Ir].[c-]1c(-c2nccc3sc(-c4ccccc4)cc23)c2ccccc2c2ccccc12. The van der Waals surface area contributed by atoms with Gasteiger partial charge >= 0.3 is 0 Å². The Morgan fingerprint density at radius 1 is 0.778 bits per heavy atom. The molecular formula is C40H40IrNO2S-. The van der Waals surface area contributed by atoms with Crippen molar-refractivity contribution in [1.82, 2.24) is 4.98 Å². The van der Waals surface area contributed by atoms with Gasteiger partial charge in [-0.3, -0.25) is 9.78 Å². The third kappa shape index (κ3) is 7.61. The number of rotatable bonds is 9. The average Bonchev–Trinajstić information content (AvgIpc) is 3.51. The number of thiophene rings is 1. The minimum atomic E-state index is 0. The first-order chi connectivity index (χ1) is 21.5. The van der Waals surface area contributed by atoms with Gasteiger partial charge in [-0.2, -0.15) is 0 Å². The molecule has 6 aromatic rings. The molecule has 6 rings (SSSR count). The van der Waals surface area contributed by atoms with Gasteiger partial charge < -0.3 is 5.11 Å². The van der Waals surface area contributed by atoms with E-state index in [-0.39, 0.29) is 43.5 Å². The molecule has 0 aliphatic rings. The van der Waals surface area contributed by atoms with E-state index >= 15 is 0 Å². The number of aliphatic hydroxyl groups excluding tert-OH is 1. The monoisotopic (exact) mass is 791 g/mol. The summed E-state index contributed by atoms with van der Waals surface area (Å²) in [6.07, 6.45) is 6.82. The summed E-state index contributed by atoms with van der Waals surface area (Å²) < 4.78 is 1.25. The Hall–Kier alpha value is -3.63. The summed E-state index contributed by atoms with van der Waals surface area (Å²) in [7, 11) is 0. The van der Waals surface area contributed by atoms with Crippen molar-refractivity contribution in [2.24, 2.45) is 11.8 Å². The first-order valence-electron chi connectivity index (χ1n) is 15.7. The molecule has 0 aliphatic carbocycles. The van der Waals surface area contributed by atoms with Gasteiger partial charge in [0.1, 0.15) is 0 Å². The first-order valence-corrected chi connectivity index (χ1v) is 16.5. The number of allylic oxidation sites excluding steroid dienone is 2. The topological polar surface area (TPSA) is 50.2 Å². The van der Waals surface area contributed by atoms with Crippen LogP contribution < -0.4 is 0 Å². The normalized spacial score (nSPS) is 11.6. The molecule has 0 spiro atoms. The van der Waals surface area contributed by atoms with Gasteiger partial charge in [-0.1, -0.05) is 122 Å². The zero-order valence-electron chi connectivity index (χ0n) is 26.3. The summed E-state index contributed by atoms with van der Waals surface area (Å²) in [6, 6.07) is 35.6. The van der Waals surface area contributed by atoms with Crippen molar-refractivity contribution in [3.05, 3.63) is 115 Å². The summed E-state index contributed by atoms with van der Waals surface area (Å²) in [5.41, 5.74) is 3.32. The number of fused-ring (bicyclic) bond motifs is 4. The number of carbonyl (C=O) groups is 1. The van der Waals surface area contributed by atoms with Crippen molar-refractivity contribution < 1.29 is 30.0 Å². The van der Waals surface area contributed by atoms with Gasteiger partial charge in [-0.05, 0) is 48.8 Å². The van der Waals surface area contributed by atoms with E-state index in [0.717, 1.165) is 42.3 Å². The van der Waals surface area contributed by atoms with Crippen LogP contribution in [0, 0.1) is 17.9 Å². The number of hydrogen-bond acceptors (Lipinski definition) is 4. The standard InChI is InChI=1S/C27H16NS.C13H24O2.Ir/c1-2-8-18(9-3-1)26-17-24-25(29-26)14-15-28-27(24)23-16-19-10-4-5-11-20(19)21-12-6-7-13-22(21)23;1-5-10(6-2)12(14)9-13(15)11(7-3)8-4;/h1-15,17H;9-11,14H,5-8H2,1-4H3;/q-1;;/b;12-9-;. The molecule has 233 valence electrons. The maximum atomic E-state index is 11.7. The summed E-state index contributed by atoms with van der Waals surface area (Å²) in [6.45, 7) is 8.07. The second-order valence-corrected chi connectivity index (χ2v) is 12.2. The van der Waals surface area contributed by atoms with Gasteiger partial charge in [0.2, 0.25) is 0 Å². The molecule has 5 heteroatoms. The molecule has 2 heterocycles. The predicted molar refractivity (Wildman–Crippen MR) is 188 cm³/mol. The van der Waals surface area contributed by atoms with E-state index in [1.165, 1.54) is 42.8 Å². The van der Waals surface area contributed by atoms with Gasteiger partial charge in [-0.25, -0.2) is 0 Å². The number of carbonyl (C=O) groups excluding carboxylic acids is 1. The predicted octanol–water partition coefficient (Wildman–Crippen LogP) is 11.6. The van der Waals surface area contributed by atoms with Crippen LogP contribution in [0.3, 0.4) is 0 Å². The van der Waals surface area contributed by atoms with Crippen molar-refractivity contribution in [2.75, 3.05) is 0 Å². The fraction of sp³-hybridized carbons (Fsp3) is 0.250. The minimum absolute atomic E-state index is 0. The molecular weight excluding hydrogens is 751 g/mol. The van der Waals surface area contributed by atoms with E-state index in [4.69, 9.17) is 4.98 Å². The van der Waals surface area contributed by atoms with Gasteiger partial charge in [-0.15, -0.1) is 28.9 Å². The summed E-state index contributed by atoms with van der Waals surface area (Å²) >= 11 is 1.81. The third-order valence-corrected chi connectivity index (χ3v) is 9.65. The third-order valence-electron chi connectivity index (χ3n) is 8.50. The Labute approximate surface area is 284 Å². The molecule has 1 N–H and O–H groups in total. The van der Waals surface area contributed by atoms with E-state index in [0.29, 0.717) is 0 Å². The number of aromatic nitrogens is 1. The number of pyridine rings is 1. The molecule has 0 amide bonds. The molecule has 4 aromatic carbocycles. The molecule has 45 heavy (non-hydrogen) atoms. The van der Waals surface area contributed by atoms with Crippen LogP contribution in [-0.2, 0) is 24.9 Å². The second-order valence-electron chi connectivity index (χ2n) is 11.1. The fourth-order valence-corrected chi connectivity index (χ4v) is 6.90. The van der Waals surface area contributed by atoms with E-state index in [2.05, 4.69) is 97.1 Å². The first kappa shape index (κ1) is 34.2. The molecule has 0 atom stereocenters. The summed E-state index contributed by atoms with van der Waals surface area (Å²) in [4.78, 5) is 17.8. The number of hydrogen-bond donors (Lipinski definition) is 1.